The summed E-state index contributed by atoms with van der Waals surface area (Å²) in [4.78, 5) is 39.6. The Hall–Kier alpha value is -4.53. The Morgan fingerprint density at radius 3 is 2.38 bits per heavy atom. The number of rotatable bonds is 9. The van der Waals surface area contributed by atoms with E-state index in [9.17, 15) is 14.4 Å². The number of benzene rings is 2. The normalized spacial score (nSPS) is 11.4. The molecule has 3 N–H and O–H groups in total. The molecule has 0 radical (unpaired) electrons. The quantitative estimate of drug-likeness (QED) is 0.257. The van der Waals surface area contributed by atoms with Gasteiger partial charge in [-0.3, -0.25) is 19.4 Å². The molecule has 0 spiro atoms. The lowest BCUT2D eigenvalue weighted by molar-refractivity contribution is -0.139. The summed E-state index contributed by atoms with van der Waals surface area (Å²) in [7, 11) is 0. The molecule has 34 heavy (non-hydrogen) atoms. The first kappa shape index (κ1) is 24.1. The molecule has 1 aromatic heterocycles. The molecule has 9 nitrogen and oxygen atoms in total. The summed E-state index contributed by atoms with van der Waals surface area (Å²) < 4.78 is 5.51. The number of amides is 3. The third kappa shape index (κ3) is 7.86. The Balaban J connectivity index is 1.38. The Morgan fingerprint density at radius 1 is 0.971 bits per heavy atom. The third-order valence-electron chi connectivity index (χ3n) is 4.72. The number of carbonyl (C=O) groups excluding carboxylic acids is 3. The fourth-order valence-electron chi connectivity index (χ4n) is 2.89. The van der Waals surface area contributed by atoms with Crippen LogP contribution in [0.2, 0.25) is 0 Å². The van der Waals surface area contributed by atoms with Crippen LogP contribution in [-0.4, -0.2) is 35.5 Å². The van der Waals surface area contributed by atoms with Crippen molar-refractivity contribution in [2.45, 2.75) is 19.5 Å². The van der Waals surface area contributed by atoms with Crippen molar-refractivity contribution in [2.75, 3.05) is 6.61 Å². The maximum absolute atomic E-state index is 12.1. The highest BCUT2D eigenvalue weighted by atomic mass is 16.5. The molecule has 3 amide bonds. The molecule has 0 saturated heterocycles. The van der Waals surface area contributed by atoms with Gasteiger partial charge >= 0.3 is 11.8 Å². The lowest BCUT2D eigenvalue weighted by Gasteiger charge is -2.14. The largest absolute Gasteiger partial charge is 0.484 e. The van der Waals surface area contributed by atoms with E-state index in [-0.39, 0.29) is 25.1 Å². The van der Waals surface area contributed by atoms with Gasteiger partial charge in [0.25, 0.3) is 5.91 Å². The van der Waals surface area contributed by atoms with Gasteiger partial charge in [0.1, 0.15) is 5.75 Å². The summed E-state index contributed by atoms with van der Waals surface area (Å²) in [5.74, 6) is -1.38. The van der Waals surface area contributed by atoms with Gasteiger partial charge in [-0.15, -0.1) is 0 Å². The third-order valence-corrected chi connectivity index (χ3v) is 4.72. The molecule has 3 rings (SSSR count). The van der Waals surface area contributed by atoms with E-state index in [0.29, 0.717) is 11.3 Å². The lowest BCUT2D eigenvalue weighted by atomic mass is 10.1. The van der Waals surface area contributed by atoms with Crippen molar-refractivity contribution < 1.29 is 19.1 Å². The van der Waals surface area contributed by atoms with E-state index in [4.69, 9.17) is 4.74 Å². The number of pyridine rings is 1. The molecule has 0 unspecified atom stereocenters. The van der Waals surface area contributed by atoms with Crippen LogP contribution >= 0.6 is 0 Å². The van der Waals surface area contributed by atoms with Gasteiger partial charge < -0.3 is 15.4 Å². The van der Waals surface area contributed by atoms with Crippen molar-refractivity contribution in [3.63, 3.8) is 0 Å². The molecule has 9 heteroatoms. The van der Waals surface area contributed by atoms with Crippen molar-refractivity contribution in [3.8, 4) is 5.75 Å². The maximum atomic E-state index is 12.1. The molecular weight excluding hydrogens is 434 g/mol. The second kappa shape index (κ2) is 12.5. The van der Waals surface area contributed by atoms with Gasteiger partial charge in [0.15, 0.2) is 6.61 Å². The molecule has 0 aliphatic rings. The van der Waals surface area contributed by atoms with Gasteiger partial charge in [-0.05, 0) is 60.0 Å². The van der Waals surface area contributed by atoms with E-state index < -0.39 is 11.8 Å². The number of nitrogens with zero attached hydrogens (tertiary/aromatic N) is 2. The number of hydrogen-bond acceptors (Lipinski definition) is 6. The van der Waals surface area contributed by atoms with Crippen LogP contribution in [0.3, 0.4) is 0 Å². The molecule has 174 valence electrons. The summed E-state index contributed by atoms with van der Waals surface area (Å²) in [6.07, 6.45) is 4.60. The average molecular weight is 460 g/mol. The summed E-state index contributed by atoms with van der Waals surface area (Å²) in [5.41, 5.74) is 4.68. The van der Waals surface area contributed by atoms with E-state index >= 15 is 0 Å². The molecule has 0 aliphatic carbocycles. The highest BCUT2D eigenvalue weighted by Gasteiger charge is 2.12. The Morgan fingerprint density at radius 2 is 1.68 bits per heavy atom. The zero-order valence-electron chi connectivity index (χ0n) is 18.6. The molecular formula is C25H25N5O4. The van der Waals surface area contributed by atoms with E-state index in [1.807, 2.05) is 37.3 Å². The Labute approximate surface area is 197 Å². The van der Waals surface area contributed by atoms with E-state index in [2.05, 4.69) is 26.1 Å². The topological polar surface area (TPSA) is 122 Å². The van der Waals surface area contributed by atoms with Crippen molar-refractivity contribution in [2.24, 2.45) is 5.10 Å². The summed E-state index contributed by atoms with van der Waals surface area (Å²) in [6.45, 7) is 2.00. The minimum absolute atomic E-state index is 0.116. The second-order valence-corrected chi connectivity index (χ2v) is 7.29. The van der Waals surface area contributed by atoms with Gasteiger partial charge in [-0.25, -0.2) is 5.43 Å². The molecule has 0 saturated carbocycles. The SMILES string of the molecule is C[C@@H](NC(=O)COc1ccc(/C=N\NC(=O)C(=O)NCc2ccncc2)cc1)c1ccccc1. The van der Waals surface area contributed by atoms with E-state index in [1.165, 1.54) is 6.21 Å². The molecule has 1 atom stereocenters. The van der Waals surface area contributed by atoms with Crippen LogP contribution in [0.25, 0.3) is 0 Å². The minimum Gasteiger partial charge on any atom is -0.484 e. The van der Waals surface area contributed by atoms with Crippen LogP contribution in [-0.2, 0) is 20.9 Å². The van der Waals surface area contributed by atoms with Crippen LogP contribution in [0.1, 0.15) is 29.7 Å². The van der Waals surface area contributed by atoms with E-state index in [0.717, 1.165) is 11.1 Å². The lowest BCUT2D eigenvalue weighted by Crippen LogP contribution is -2.37. The number of hydrazone groups is 1. The Kier molecular flexibility index (Phi) is 8.86. The highest BCUT2D eigenvalue weighted by molar-refractivity contribution is 6.35. The van der Waals surface area contributed by atoms with Crippen LogP contribution in [0, 0.1) is 0 Å². The van der Waals surface area contributed by atoms with Crippen LogP contribution in [0.4, 0.5) is 0 Å². The van der Waals surface area contributed by atoms with E-state index in [1.54, 1.807) is 48.8 Å². The average Bonchev–Trinajstić information content (AvgIpc) is 2.87. The number of carbonyl (C=O) groups is 3. The number of ether oxygens (including phenoxy) is 1. The van der Waals surface area contributed by atoms with Gasteiger partial charge in [-0.1, -0.05) is 30.3 Å². The fraction of sp³-hybridized carbons (Fsp3) is 0.160. The van der Waals surface area contributed by atoms with Gasteiger partial charge in [0.05, 0.1) is 12.3 Å². The molecule has 3 aromatic rings. The standard InChI is InChI=1S/C25H25N5O4/c1-18(21-5-3-2-4-6-21)29-23(31)17-34-22-9-7-19(8-10-22)16-28-30-25(33)24(32)27-15-20-11-13-26-14-12-20/h2-14,16,18H,15,17H2,1H3,(H,27,32)(H,29,31)(H,30,33)/b28-16-/t18-/m1/s1. The number of aromatic nitrogens is 1. The van der Waals surface area contributed by atoms with Gasteiger partial charge in [-0.2, -0.15) is 5.10 Å². The van der Waals surface area contributed by atoms with Crippen LogP contribution in [0.5, 0.6) is 5.75 Å². The van der Waals surface area contributed by atoms with Crippen LogP contribution < -0.4 is 20.8 Å². The van der Waals surface area contributed by atoms with Gasteiger partial charge in [0.2, 0.25) is 0 Å². The minimum atomic E-state index is -0.874. The molecule has 2 aromatic carbocycles. The van der Waals surface area contributed by atoms with Gasteiger partial charge in [0, 0.05) is 18.9 Å². The smallest absolute Gasteiger partial charge is 0.329 e. The van der Waals surface area contributed by atoms with Crippen molar-refractivity contribution in [1.29, 1.82) is 0 Å². The zero-order chi connectivity index (χ0) is 24.2. The number of hydrogen-bond donors (Lipinski definition) is 3. The predicted octanol–water partition coefficient (Wildman–Crippen LogP) is 2.10. The van der Waals surface area contributed by atoms with Crippen molar-refractivity contribution in [1.82, 2.24) is 21.0 Å². The fourth-order valence-corrected chi connectivity index (χ4v) is 2.89. The van der Waals surface area contributed by atoms with Crippen molar-refractivity contribution in [3.05, 3.63) is 95.8 Å². The molecule has 0 bridgehead atoms. The predicted molar refractivity (Wildman–Crippen MR) is 127 cm³/mol. The van der Waals surface area contributed by atoms with Crippen LogP contribution in [0.15, 0.2) is 84.2 Å². The zero-order valence-corrected chi connectivity index (χ0v) is 18.6. The first-order valence-electron chi connectivity index (χ1n) is 10.6. The van der Waals surface area contributed by atoms with Crippen molar-refractivity contribution >= 4 is 23.9 Å². The molecule has 1 heterocycles. The molecule has 0 aliphatic heterocycles. The summed E-state index contributed by atoms with van der Waals surface area (Å²) in [5, 5.41) is 9.16. The highest BCUT2D eigenvalue weighted by Crippen LogP contribution is 2.13. The summed E-state index contributed by atoms with van der Waals surface area (Å²) in [6, 6.07) is 19.8. The number of nitrogens with one attached hydrogen (secondary N) is 3. The maximum Gasteiger partial charge on any atom is 0.329 e. The Bertz CT molecular complexity index is 1120. The monoisotopic (exact) mass is 459 g/mol. The molecule has 0 fully saturated rings. The second-order valence-electron chi connectivity index (χ2n) is 7.29. The first-order chi connectivity index (χ1) is 16.5. The first-order valence-corrected chi connectivity index (χ1v) is 10.6. The summed E-state index contributed by atoms with van der Waals surface area (Å²) >= 11 is 0.